The highest BCUT2D eigenvalue weighted by Gasteiger charge is 2.30. The lowest BCUT2D eigenvalue weighted by Crippen LogP contribution is -2.30. The predicted molar refractivity (Wildman–Crippen MR) is 58.7 cm³/mol. The molecule has 16 heavy (non-hydrogen) atoms. The molecule has 1 atom stereocenters. The van der Waals surface area contributed by atoms with Crippen molar-refractivity contribution in [2.45, 2.75) is 38.8 Å². The smallest absolute Gasteiger partial charge is 0.226 e. The Morgan fingerprint density at radius 3 is 2.88 bits per heavy atom. The maximum Gasteiger partial charge on any atom is 0.226 e. The van der Waals surface area contributed by atoms with Crippen LogP contribution in [0, 0.1) is 5.92 Å². The van der Waals surface area contributed by atoms with E-state index >= 15 is 0 Å². The van der Waals surface area contributed by atoms with Crippen LogP contribution in [0.4, 0.5) is 0 Å². The summed E-state index contributed by atoms with van der Waals surface area (Å²) in [7, 11) is 1.97. The topological polar surface area (TPSA) is 62.4 Å². The van der Waals surface area contributed by atoms with Crippen molar-refractivity contribution in [3.8, 4) is 0 Å². The largest absolute Gasteiger partial charge is 0.392 e. The highest BCUT2D eigenvalue weighted by molar-refractivity contribution is 4.87. The first kappa shape index (κ1) is 11.5. The molecule has 5 heteroatoms. The van der Waals surface area contributed by atoms with Gasteiger partial charge in [0.2, 0.25) is 5.89 Å². The molecule has 1 aromatic heterocycles. The highest BCUT2D eigenvalue weighted by Crippen LogP contribution is 2.32. The van der Waals surface area contributed by atoms with Gasteiger partial charge in [0.05, 0.1) is 12.6 Å². The molecule has 1 aromatic rings. The molecule has 2 rings (SSSR count). The second kappa shape index (κ2) is 4.93. The Bertz CT molecular complexity index is 336. The zero-order chi connectivity index (χ0) is 11.5. The number of aryl methyl sites for hydroxylation is 1. The number of aromatic nitrogens is 2. The van der Waals surface area contributed by atoms with Gasteiger partial charge in [0.25, 0.3) is 0 Å². The summed E-state index contributed by atoms with van der Waals surface area (Å²) in [6.45, 7) is 3.30. The Morgan fingerprint density at radius 2 is 2.31 bits per heavy atom. The molecule has 1 heterocycles. The van der Waals surface area contributed by atoms with E-state index in [0.29, 0.717) is 30.7 Å². The lowest BCUT2D eigenvalue weighted by Gasteiger charge is -2.18. The molecule has 1 saturated carbocycles. The van der Waals surface area contributed by atoms with Crippen LogP contribution in [0.3, 0.4) is 0 Å². The minimum atomic E-state index is -0.206. The van der Waals surface area contributed by atoms with Crippen LogP contribution in [0.15, 0.2) is 4.52 Å². The Hall–Kier alpha value is -0.940. The van der Waals surface area contributed by atoms with Crippen molar-refractivity contribution in [2.24, 2.45) is 5.92 Å². The van der Waals surface area contributed by atoms with Gasteiger partial charge in [-0.15, -0.1) is 0 Å². The number of aliphatic hydroxyl groups is 1. The van der Waals surface area contributed by atoms with Crippen LogP contribution >= 0.6 is 0 Å². The minimum Gasteiger partial charge on any atom is -0.392 e. The molecule has 1 unspecified atom stereocenters. The van der Waals surface area contributed by atoms with Crippen LogP contribution in [-0.4, -0.2) is 39.8 Å². The fourth-order valence-electron chi connectivity index (χ4n) is 1.75. The normalized spacial score (nSPS) is 18.0. The van der Waals surface area contributed by atoms with E-state index < -0.39 is 0 Å². The van der Waals surface area contributed by atoms with E-state index in [-0.39, 0.29) is 6.10 Å². The van der Waals surface area contributed by atoms with Gasteiger partial charge < -0.3 is 9.63 Å². The first-order valence-electron chi connectivity index (χ1n) is 5.87. The minimum absolute atomic E-state index is 0.206. The maximum absolute atomic E-state index is 9.78. The van der Waals surface area contributed by atoms with Crippen LogP contribution in [0.1, 0.15) is 31.5 Å². The first-order chi connectivity index (χ1) is 7.69. The van der Waals surface area contributed by atoms with Crippen molar-refractivity contribution in [2.75, 3.05) is 13.6 Å². The van der Waals surface area contributed by atoms with Crippen molar-refractivity contribution in [1.82, 2.24) is 15.0 Å². The molecule has 1 fully saturated rings. The third-order valence-electron chi connectivity index (χ3n) is 2.89. The fourth-order valence-corrected chi connectivity index (χ4v) is 1.75. The van der Waals surface area contributed by atoms with Crippen molar-refractivity contribution >= 4 is 0 Å². The predicted octanol–water partition coefficient (Wildman–Crippen LogP) is 0.835. The second-order valence-electron chi connectivity index (χ2n) is 4.56. The molecular weight excluding hydrogens is 206 g/mol. The van der Waals surface area contributed by atoms with Gasteiger partial charge in [-0.1, -0.05) is 12.1 Å². The Balaban J connectivity index is 1.79. The number of rotatable bonds is 6. The number of aliphatic hydroxyl groups excluding tert-OH is 1. The molecule has 1 aliphatic carbocycles. The van der Waals surface area contributed by atoms with Gasteiger partial charge in [0.1, 0.15) is 0 Å². The summed E-state index contributed by atoms with van der Waals surface area (Å²) in [5.41, 5.74) is 0. The molecule has 0 spiro atoms. The van der Waals surface area contributed by atoms with Gasteiger partial charge in [-0.05, 0) is 25.8 Å². The summed E-state index contributed by atoms with van der Waals surface area (Å²) in [4.78, 5) is 6.27. The molecule has 0 saturated heterocycles. The quantitative estimate of drug-likeness (QED) is 0.777. The van der Waals surface area contributed by atoms with Gasteiger partial charge in [0, 0.05) is 13.0 Å². The molecule has 5 nitrogen and oxygen atoms in total. The van der Waals surface area contributed by atoms with Gasteiger partial charge >= 0.3 is 0 Å². The van der Waals surface area contributed by atoms with Gasteiger partial charge in [-0.2, -0.15) is 4.98 Å². The van der Waals surface area contributed by atoms with Crippen LogP contribution < -0.4 is 0 Å². The summed E-state index contributed by atoms with van der Waals surface area (Å²) in [6.07, 6.45) is 2.89. The Morgan fingerprint density at radius 1 is 1.56 bits per heavy atom. The Kier molecular flexibility index (Phi) is 3.56. The number of hydrogen-bond acceptors (Lipinski definition) is 5. The summed E-state index contributed by atoms with van der Waals surface area (Å²) < 4.78 is 5.03. The number of likely N-dealkylation sites (N-methyl/N-ethyl adjacent to an activating group) is 1. The lowest BCUT2D eigenvalue weighted by atomic mass is 10.2. The van der Waals surface area contributed by atoms with Crippen LogP contribution in [0.2, 0.25) is 0 Å². The van der Waals surface area contributed by atoms with Crippen LogP contribution in [0.5, 0.6) is 0 Å². The second-order valence-corrected chi connectivity index (χ2v) is 4.56. The van der Waals surface area contributed by atoms with Crippen molar-refractivity contribution in [3.63, 3.8) is 0 Å². The van der Waals surface area contributed by atoms with E-state index in [1.165, 1.54) is 0 Å². The van der Waals surface area contributed by atoms with Crippen LogP contribution in [-0.2, 0) is 13.0 Å². The van der Waals surface area contributed by atoms with Gasteiger partial charge in [-0.3, -0.25) is 4.90 Å². The maximum atomic E-state index is 9.78. The van der Waals surface area contributed by atoms with E-state index in [0.717, 1.165) is 19.3 Å². The molecule has 0 radical (unpaired) electrons. The van der Waals surface area contributed by atoms with Crippen molar-refractivity contribution < 1.29 is 9.63 Å². The zero-order valence-corrected chi connectivity index (χ0v) is 9.89. The first-order valence-corrected chi connectivity index (χ1v) is 5.87. The monoisotopic (exact) mass is 225 g/mol. The Labute approximate surface area is 95.4 Å². The summed E-state index contributed by atoms with van der Waals surface area (Å²) in [5, 5.41) is 13.7. The molecule has 1 aliphatic rings. The van der Waals surface area contributed by atoms with Crippen molar-refractivity contribution in [3.05, 3.63) is 11.7 Å². The summed E-state index contributed by atoms with van der Waals surface area (Å²) in [5.74, 6) is 1.88. The lowest BCUT2D eigenvalue weighted by molar-refractivity contribution is 0.103. The van der Waals surface area contributed by atoms with E-state index in [4.69, 9.17) is 4.52 Å². The van der Waals surface area contributed by atoms with E-state index in [2.05, 4.69) is 10.1 Å². The third-order valence-corrected chi connectivity index (χ3v) is 2.89. The average molecular weight is 225 g/mol. The SMILES string of the molecule is CCc1nc(CN(C)CC(O)C2CC2)no1. The van der Waals surface area contributed by atoms with E-state index in [1.54, 1.807) is 0 Å². The van der Waals surface area contributed by atoms with Gasteiger partial charge in [0.15, 0.2) is 5.82 Å². The summed E-state index contributed by atoms with van der Waals surface area (Å²) >= 11 is 0. The van der Waals surface area contributed by atoms with Crippen LogP contribution in [0.25, 0.3) is 0 Å². The molecule has 90 valence electrons. The number of hydrogen-bond donors (Lipinski definition) is 1. The standard InChI is InChI=1S/C11H19N3O2/c1-3-11-12-10(13-16-11)7-14(2)6-9(15)8-4-5-8/h8-9,15H,3-7H2,1-2H3. The molecule has 0 amide bonds. The number of nitrogens with zero attached hydrogens (tertiary/aromatic N) is 3. The van der Waals surface area contributed by atoms with Crippen molar-refractivity contribution in [1.29, 1.82) is 0 Å². The summed E-state index contributed by atoms with van der Waals surface area (Å²) in [6, 6.07) is 0. The highest BCUT2D eigenvalue weighted by atomic mass is 16.5. The molecule has 0 bridgehead atoms. The van der Waals surface area contributed by atoms with E-state index in [9.17, 15) is 5.11 Å². The molecule has 1 N–H and O–H groups in total. The molecule has 0 aromatic carbocycles. The third kappa shape index (κ3) is 3.02. The van der Waals surface area contributed by atoms with Gasteiger partial charge in [-0.25, -0.2) is 0 Å². The average Bonchev–Trinajstić information content (AvgIpc) is 3.00. The zero-order valence-electron chi connectivity index (χ0n) is 9.89. The molecular formula is C11H19N3O2. The fraction of sp³-hybridized carbons (Fsp3) is 0.818. The molecule has 0 aliphatic heterocycles. The van der Waals surface area contributed by atoms with E-state index in [1.807, 2.05) is 18.9 Å².